The van der Waals surface area contributed by atoms with E-state index in [-0.39, 0.29) is 6.10 Å². The van der Waals surface area contributed by atoms with Crippen LogP contribution < -0.4 is 5.73 Å². The second-order valence-corrected chi connectivity index (χ2v) is 3.60. The van der Waals surface area contributed by atoms with E-state index in [9.17, 15) is 0 Å². The van der Waals surface area contributed by atoms with E-state index in [2.05, 4.69) is 15.1 Å². The van der Waals surface area contributed by atoms with Crippen LogP contribution in [0, 0.1) is 0 Å². The molecule has 6 nitrogen and oxygen atoms in total. The van der Waals surface area contributed by atoms with Crippen molar-refractivity contribution in [1.82, 2.24) is 19.6 Å². The number of nitrogens with zero attached hydrogens (tertiary/aromatic N) is 4. The molecule has 3 heterocycles. The molecule has 0 saturated carbocycles. The third kappa shape index (κ3) is 1.42. The zero-order valence-corrected chi connectivity index (χ0v) is 8.13. The molecule has 0 aromatic carbocycles. The fourth-order valence-corrected chi connectivity index (χ4v) is 1.73. The van der Waals surface area contributed by atoms with Gasteiger partial charge in [-0.3, -0.25) is 0 Å². The molecule has 2 aromatic rings. The Labute approximate surface area is 86.1 Å². The lowest BCUT2D eigenvalue weighted by molar-refractivity contribution is 0.105. The van der Waals surface area contributed by atoms with Crippen LogP contribution in [0.15, 0.2) is 12.4 Å². The smallest absolute Gasteiger partial charge is 0.252 e. The van der Waals surface area contributed by atoms with Gasteiger partial charge >= 0.3 is 0 Å². The predicted octanol–water partition coefficient (Wildman–Crippen LogP) is 0.558. The fourth-order valence-electron chi connectivity index (χ4n) is 1.73. The molecule has 1 unspecified atom stereocenters. The van der Waals surface area contributed by atoms with Gasteiger partial charge in [-0.15, -0.1) is 5.10 Å². The third-order valence-corrected chi connectivity index (χ3v) is 2.45. The average molecular weight is 205 g/mol. The summed E-state index contributed by atoms with van der Waals surface area (Å²) in [6.45, 7) is 0.787. The summed E-state index contributed by atoms with van der Waals surface area (Å²) < 4.78 is 7.09. The summed E-state index contributed by atoms with van der Waals surface area (Å²) in [5, 5.41) is 4.29. The van der Waals surface area contributed by atoms with Gasteiger partial charge in [-0.05, 0) is 12.8 Å². The summed E-state index contributed by atoms with van der Waals surface area (Å²) in [7, 11) is 0. The zero-order valence-electron chi connectivity index (χ0n) is 8.13. The first-order valence-corrected chi connectivity index (χ1v) is 4.92. The van der Waals surface area contributed by atoms with Crippen LogP contribution >= 0.6 is 0 Å². The van der Waals surface area contributed by atoms with E-state index in [1.54, 1.807) is 16.9 Å². The second kappa shape index (κ2) is 3.16. The molecule has 1 aliphatic heterocycles. The monoisotopic (exact) mass is 205 g/mol. The maximum absolute atomic E-state index is 5.60. The number of anilines is 1. The van der Waals surface area contributed by atoms with E-state index in [4.69, 9.17) is 10.5 Å². The van der Waals surface area contributed by atoms with Crippen molar-refractivity contribution in [3.63, 3.8) is 0 Å². The van der Waals surface area contributed by atoms with Gasteiger partial charge in [-0.1, -0.05) is 0 Å². The summed E-state index contributed by atoms with van der Waals surface area (Å²) >= 11 is 0. The largest absolute Gasteiger partial charge is 0.396 e. The Hall–Kier alpha value is -1.69. The second-order valence-electron chi connectivity index (χ2n) is 3.60. The van der Waals surface area contributed by atoms with Crippen LogP contribution in [0.5, 0.6) is 0 Å². The molecule has 2 N–H and O–H groups in total. The van der Waals surface area contributed by atoms with Crippen molar-refractivity contribution in [2.75, 3.05) is 12.3 Å². The molecule has 0 bridgehead atoms. The normalized spacial score (nSPS) is 21.2. The first-order valence-electron chi connectivity index (χ1n) is 4.92. The summed E-state index contributed by atoms with van der Waals surface area (Å²) in [6.07, 6.45) is 5.34. The molecule has 6 heteroatoms. The predicted molar refractivity (Wildman–Crippen MR) is 53.1 cm³/mol. The van der Waals surface area contributed by atoms with Crippen molar-refractivity contribution in [1.29, 1.82) is 0 Å². The van der Waals surface area contributed by atoms with E-state index in [0.717, 1.165) is 19.4 Å². The summed E-state index contributed by atoms with van der Waals surface area (Å²) in [5.74, 6) is 1.26. The van der Waals surface area contributed by atoms with Crippen molar-refractivity contribution in [3.05, 3.63) is 18.2 Å². The number of nitrogen functional groups attached to an aromatic ring is 1. The van der Waals surface area contributed by atoms with E-state index in [1.807, 2.05) is 0 Å². The van der Waals surface area contributed by atoms with Crippen LogP contribution in [0.4, 0.5) is 5.69 Å². The molecule has 1 saturated heterocycles. The Morgan fingerprint density at radius 3 is 3.27 bits per heavy atom. The Bertz CT molecular complexity index is 488. The van der Waals surface area contributed by atoms with Crippen LogP contribution in [-0.4, -0.2) is 26.2 Å². The van der Waals surface area contributed by atoms with Crippen LogP contribution in [0.1, 0.15) is 24.8 Å². The first kappa shape index (κ1) is 8.60. The van der Waals surface area contributed by atoms with Crippen molar-refractivity contribution < 1.29 is 4.74 Å². The Balaban J connectivity index is 2.05. The summed E-state index contributed by atoms with van der Waals surface area (Å²) in [5.41, 5.74) is 6.18. The van der Waals surface area contributed by atoms with Crippen LogP contribution in [0.2, 0.25) is 0 Å². The molecule has 0 aliphatic carbocycles. The number of hydrogen-bond acceptors (Lipinski definition) is 5. The van der Waals surface area contributed by atoms with E-state index in [1.165, 1.54) is 0 Å². The molecule has 3 rings (SSSR count). The minimum absolute atomic E-state index is 0.0212. The minimum atomic E-state index is 0.0212. The highest BCUT2D eigenvalue weighted by atomic mass is 16.5. The lowest BCUT2D eigenvalue weighted by Gasteiger charge is -2.01. The fraction of sp³-hybridized carbons (Fsp3) is 0.444. The van der Waals surface area contributed by atoms with Gasteiger partial charge in [0.25, 0.3) is 5.78 Å². The van der Waals surface area contributed by atoms with Gasteiger partial charge in [0.15, 0.2) is 5.82 Å². The van der Waals surface area contributed by atoms with Gasteiger partial charge in [-0.2, -0.15) is 4.98 Å². The third-order valence-electron chi connectivity index (χ3n) is 2.45. The van der Waals surface area contributed by atoms with Crippen LogP contribution in [0.3, 0.4) is 0 Å². The molecule has 15 heavy (non-hydrogen) atoms. The lowest BCUT2D eigenvalue weighted by Crippen LogP contribution is -1.98. The Morgan fingerprint density at radius 2 is 2.47 bits per heavy atom. The minimum Gasteiger partial charge on any atom is -0.396 e. The molecule has 0 amide bonds. The SMILES string of the molecule is Nc1cnc2nc(C3CCCO3)nn2c1. The lowest BCUT2D eigenvalue weighted by atomic mass is 10.2. The molecule has 0 radical (unpaired) electrons. The molecule has 0 spiro atoms. The Morgan fingerprint density at radius 1 is 1.53 bits per heavy atom. The zero-order chi connectivity index (χ0) is 10.3. The topological polar surface area (TPSA) is 78.3 Å². The molecule has 2 aromatic heterocycles. The number of ether oxygens (including phenoxy) is 1. The summed E-state index contributed by atoms with van der Waals surface area (Å²) in [6, 6.07) is 0. The maximum atomic E-state index is 5.60. The van der Waals surface area contributed by atoms with Crippen molar-refractivity contribution in [2.45, 2.75) is 18.9 Å². The van der Waals surface area contributed by atoms with Crippen molar-refractivity contribution in [2.24, 2.45) is 0 Å². The van der Waals surface area contributed by atoms with E-state index < -0.39 is 0 Å². The molecule has 1 atom stereocenters. The number of rotatable bonds is 1. The highest BCUT2D eigenvalue weighted by Gasteiger charge is 2.22. The highest BCUT2D eigenvalue weighted by Crippen LogP contribution is 2.25. The van der Waals surface area contributed by atoms with Gasteiger partial charge < -0.3 is 10.5 Å². The number of aromatic nitrogens is 4. The maximum Gasteiger partial charge on any atom is 0.252 e. The quantitative estimate of drug-likeness (QED) is 0.735. The molecule has 1 fully saturated rings. The highest BCUT2D eigenvalue weighted by molar-refractivity contribution is 5.38. The van der Waals surface area contributed by atoms with E-state index in [0.29, 0.717) is 17.3 Å². The summed E-state index contributed by atoms with van der Waals surface area (Å²) in [4.78, 5) is 8.38. The number of nitrogens with two attached hydrogens (primary N) is 1. The standard InChI is InChI=1S/C9H11N5O/c10-6-4-11-9-12-8(13-14(9)5-6)7-2-1-3-15-7/h4-5,7H,1-3,10H2. The van der Waals surface area contributed by atoms with Gasteiger partial charge in [0.2, 0.25) is 0 Å². The molecular weight excluding hydrogens is 194 g/mol. The Kier molecular flexibility index (Phi) is 1.81. The molecule has 1 aliphatic rings. The van der Waals surface area contributed by atoms with Gasteiger partial charge in [0.05, 0.1) is 18.1 Å². The van der Waals surface area contributed by atoms with Gasteiger partial charge in [0.1, 0.15) is 6.10 Å². The number of fused-ring (bicyclic) bond motifs is 1. The van der Waals surface area contributed by atoms with Gasteiger partial charge in [0, 0.05) is 6.61 Å². The van der Waals surface area contributed by atoms with Crippen LogP contribution in [0.25, 0.3) is 5.78 Å². The molecule has 78 valence electrons. The van der Waals surface area contributed by atoms with Crippen LogP contribution in [-0.2, 0) is 4.74 Å². The van der Waals surface area contributed by atoms with Crippen molar-refractivity contribution >= 4 is 11.5 Å². The first-order chi connectivity index (χ1) is 7.33. The number of hydrogen-bond donors (Lipinski definition) is 1. The van der Waals surface area contributed by atoms with Gasteiger partial charge in [-0.25, -0.2) is 9.50 Å². The average Bonchev–Trinajstić information content (AvgIpc) is 2.84. The van der Waals surface area contributed by atoms with E-state index >= 15 is 0 Å². The van der Waals surface area contributed by atoms with Crippen molar-refractivity contribution in [3.8, 4) is 0 Å². The molecular formula is C9H11N5O.